The van der Waals surface area contributed by atoms with E-state index in [0.717, 1.165) is 18.3 Å². The highest BCUT2D eigenvalue weighted by molar-refractivity contribution is 5.46. The number of ether oxygens (including phenoxy) is 1. The topological polar surface area (TPSA) is 111 Å². The normalized spacial score (nSPS) is 11.6. The standard InChI is InChI=1S/C12H9F3N6O3/c13-12(14,15)8-2-1-3-9(21-11(22)16-18-19-21)7(8)6-24-10-4-5-20(23)17-10/h1-5,23H,6H2,(H,16,19,22). The van der Waals surface area contributed by atoms with Gasteiger partial charge in [0, 0.05) is 11.6 Å². The van der Waals surface area contributed by atoms with E-state index in [1.807, 2.05) is 5.10 Å². The zero-order valence-electron chi connectivity index (χ0n) is 11.7. The van der Waals surface area contributed by atoms with Gasteiger partial charge in [-0.3, -0.25) is 0 Å². The zero-order chi connectivity index (χ0) is 17.3. The van der Waals surface area contributed by atoms with E-state index in [1.54, 1.807) is 0 Å². The summed E-state index contributed by atoms with van der Waals surface area (Å²) in [6, 6.07) is 4.55. The molecule has 0 unspecified atom stereocenters. The maximum Gasteiger partial charge on any atom is 0.416 e. The molecule has 0 amide bonds. The molecular weight excluding hydrogens is 333 g/mol. The quantitative estimate of drug-likeness (QED) is 0.684. The monoisotopic (exact) mass is 342 g/mol. The number of nitrogens with zero attached hydrogens (tertiary/aromatic N) is 5. The second-order valence-electron chi connectivity index (χ2n) is 4.58. The van der Waals surface area contributed by atoms with Crippen LogP contribution < -0.4 is 10.4 Å². The number of hydrogen-bond donors (Lipinski definition) is 2. The van der Waals surface area contributed by atoms with Crippen LogP contribution in [0.15, 0.2) is 35.3 Å². The van der Waals surface area contributed by atoms with Crippen molar-refractivity contribution in [1.82, 2.24) is 30.2 Å². The second kappa shape index (κ2) is 5.72. The van der Waals surface area contributed by atoms with Crippen LogP contribution in [0.4, 0.5) is 13.2 Å². The number of halogens is 3. The third-order valence-electron chi connectivity index (χ3n) is 3.07. The number of H-pyrrole nitrogens is 1. The lowest BCUT2D eigenvalue weighted by molar-refractivity contribution is -0.138. The smallest absolute Gasteiger partial charge is 0.416 e. The SMILES string of the molecule is O=c1[nH]nnn1-c1cccc(C(F)(F)F)c1COc1ccn(O)n1. The fraction of sp³-hybridized carbons (Fsp3) is 0.167. The molecular formula is C12H9F3N6O3. The Hall–Kier alpha value is -3.31. The molecule has 0 aliphatic rings. The van der Waals surface area contributed by atoms with Gasteiger partial charge in [0.2, 0.25) is 5.88 Å². The second-order valence-corrected chi connectivity index (χ2v) is 4.58. The lowest BCUT2D eigenvalue weighted by Gasteiger charge is -2.16. The lowest BCUT2D eigenvalue weighted by atomic mass is 10.1. The molecule has 126 valence electrons. The van der Waals surface area contributed by atoms with Gasteiger partial charge >= 0.3 is 11.9 Å². The number of hydrogen-bond acceptors (Lipinski definition) is 6. The van der Waals surface area contributed by atoms with Gasteiger partial charge in [-0.15, -0.1) is 4.85 Å². The number of aromatic nitrogens is 6. The van der Waals surface area contributed by atoms with Crippen molar-refractivity contribution in [2.75, 3.05) is 0 Å². The van der Waals surface area contributed by atoms with Crippen LogP contribution in [0.25, 0.3) is 5.69 Å². The fourth-order valence-electron chi connectivity index (χ4n) is 2.07. The summed E-state index contributed by atoms with van der Waals surface area (Å²) in [7, 11) is 0. The molecule has 0 atom stereocenters. The Morgan fingerprint density at radius 3 is 2.67 bits per heavy atom. The first kappa shape index (κ1) is 15.6. The van der Waals surface area contributed by atoms with Gasteiger partial charge in [0.1, 0.15) is 6.61 Å². The van der Waals surface area contributed by atoms with Gasteiger partial charge in [0.05, 0.1) is 17.4 Å². The van der Waals surface area contributed by atoms with Crippen LogP contribution in [0.1, 0.15) is 11.1 Å². The molecule has 0 radical (unpaired) electrons. The van der Waals surface area contributed by atoms with Crippen LogP contribution in [-0.4, -0.2) is 35.4 Å². The van der Waals surface area contributed by atoms with Gasteiger partial charge in [-0.05, 0) is 22.6 Å². The Labute approximate surface area is 130 Å². The Balaban J connectivity index is 2.06. The van der Waals surface area contributed by atoms with Gasteiger partial charge in [-0.25, -0.2) is 9.89 Å². The van der Waals surface area contributed by atoms with Crippen molar-refractivity contribution in [3.63, 3.8) is 0 Å². The van der Waals surface area contributed by atoms with E-state index in [4.69, 9.17) is 9.94 Å². The first-order valence-corrected chi connectivity index (χ1v) is 6.44. The Morgan fingerprint density at radius 1 is 1.29 bits per heavy atom. The van der Waals surface area contributed by atoms with E-state index in [1.165, 1.54) is 12.1 Å². The molecule has 0 saturated carbocycles. The highest BCUT2D eigenvalue weighted by Gasteiger charge is 2.35. The maximum atomic E-state index is 13.3. The minimum Gasteiger partial charge on any atom is -0.472 e. The van der Waals surface area contributed by atoms with Crippen LogP contribution in [0, 0.1) is 0 Å². The number of alkyl halides is 3. The molecule has 0 saturated heterocycles. The molecule has 3 rings (SSSR count). The predicted molar refractivity (Wildman–Crippen MR) is 70.7 cm³/mol. The van der Waals surface area contributed by atoms with Gasteiger partial charge in [-0.2, -0.15) is 17.9 Å². The lowest BCUT2D eigenvalue weighted by Crippen LogP contribution is -2.21. The van der Waals surface area contributed by atoms with E-state index < -0.39 is 24.0 Å². The van der Waals surface area contributed by atoms with Crippen molar-refractivity contribution < 1.29 is 23.1 Å². The van der Waals surface area contributed by atoms with Crippen LogP contribution in [0.2, 0.25) is 0 Å². The molecule has 1 aromatic carbocycles. The summed E-state index contributed by atoms with van der Waals surface area (Å²) in [6.45, 7) is -0.554. The molecule has 0 fully saturated rings. The van der Waals surface area contributed by atoms with Crippen LogP contribution in [0.3, 0.4) is 0 Å². The summed E-state index contributed by atoms with van der Waals surface area (Å²) < 4.78 is 45.6. The number of aromatic amines is 1. The molecule has 12 heteroatoms. The molecule has 0 aliphatic heterocycles. The summed E-state index contributed by atoms with van der Waals surface area (Å²) >= 11 is 0. The van der Waals surface area contributed by atoms with E-state index in [2.05, 4.69) is 15.5 Å². The molecule has 0 spiro atoms. The van der Waals surface area contributed by atoms with E-state index in [9.17, 15) is 18.0 Å². The van der Waals surface area contributed by atoms with E-state index >= 15 is 0 Å². The summed E-state index contributed by atoms with van der Waals surface area (Å²) in [6.07, 6.45) is -3.52. The summed E-state index contributed by atoms with van der Waals surface area (Å²) in [4.78, 5) is 12.1. The van der Waals surface area contributed by atoms with Crippen LogP contribution in [-0.2, 0) is 12.8 Å². The summed E-state index contributed by atoms with van der Waals surface area (Å²) in [5, 5.41) is 21.3. The average molecular weight is 342 g/mol. The number of rotatable bonds is 4. The first-order chi connectivity index (χ1) is 11.4. The van der Waals surface area contributed by atoms with Gasteiger partial charge in [0.15, 0.2) is 0 Å². The predicted octanol–water partition coefficient (Wildman–Crippen LogP) is 0.987. The van der Waals surface area contributed by atoms with Crippen molar-refractivity contribution in [1.29, 1.82) is 0 Å². The molecule has 2 N–H and O–H groups in total. The Bertz CT molecular complexity index is 913. The average Bonchev–Trinajstić information content (AvgIpc) is 3.12. The third-order valence-corrected chi connectivity index (χ3v) is 3.07. The Kier molecular flexibility index (Phi) is 3.71. The first-order valence-electron chi connectivity index (χ1n) is 6.44. The van der Waals surface area contributed by atoms with Gasteiger partial charge < -0.3 is 9.94 Å². The molecule has 2 aromatic heterocycles. The molecule has 2 heterocycles. The molecule has 0 aliphatic carbocycles. The summed E-state index contributed by atoms with van der Waals surface area (Å²) in [5.74, 6) is -0.0899. The number of tetrazole rings is 1. The molecule has 9 nitrogen and oxygen atoms in total. The van der Waals surface area contributed by atoms with Crippen molar-refractivity contribution >= 4 is 0 Å². The summed E-state index contributed by atoms with van der Waals surface area (Å²) in [5.41, 5.74) is -2.24. The largest absolute Gasteiger partial charge is 0.472 e. The van der Waals surface area contributed by atoms with Crippen molar-refractivity contribution in [2.45, 2.75) is 12.8 Å². The van der Waals surface area contributed by atoms with Crippen molar-refractivity contribution in [2.24, 2.45) is 0 Å². The van der Waals surface area contributed by atoms with Crippen LogP contribution in [0.5, 0.6) is 5.88 Å². The zero-order valence-corrected chi connectivity index (χ0v) is 11.7. The van der Waals surface area contributed by atoms with E-state index in [0.29, 0.717) is 9.53 Å². The van der Waals surface area contributed by atoms with Crippen LogP contribution >= 0.6 is 0 Å². The molecule has 3 aromatic rings. The van der Waals surface area contributed by atoms with Gasteiger partial charge in [-0.1, -0.05) is 11.2 Å². The van der Waals surface area contributed by atoms with E-state index in [-0.39, 0.29) is 17.1 Å². The highest BCUT2D eigenvalue weighted by atomic mass is 19.4. The molecule has 24 heavy (non-hydrogen) atoms. The minimum absolute atomic E-state index is 0.0899. The minimum atomic E-state index is -4.67. The van der Waals surface area contributed by atoms with Crippen molar-refractivity contribution in [3.8, 4) is 11.6 Å². The highest BCUT2D eigenvalue weighted by Crippen LogP contribution is 2.34. The number of benzene rings is 1. The molecule has 0 bridgehead atoms. The Morgan fingerprint density at radius 2 is 2.08 bits per heavy atom. The maximum absolute atomic E-state index is 13.3. The van der Waals surface area contributed by atoms with Crippen molar-refractivity contribution in [3.05, 3.63) is 52.1 Å². The van der Waals surface area contributed by atoms with Gasteiger partial charge in [0.25, 0.3) is 0 Å². The fourth-order valence-corrected chi connectivity index (χ4v) is 2.07. The third kappa shape index (κ3) is 2.93. The number of nitrogens with one attached hydrogen (secondary N) is 1.